The van der Waals surface area contributed by atoms with E-state index in [-0.39, 0.29) is 5.92 Å². The highest BCUT2D eigenvalue weighted by molar-refractivity contribution is 6.06. The summed E-state index contributed by atoms with van der Waals surface area (Å²) in [4.78, 5) is 25.8. The number of methoxy groups -OCH3 is 1. The van der Waals surface area contributed by atoms with E-state index in [1.807, 2.05) is 57.2 Å². The number of nitrogens with one attached hydrogen (secondary N) is 2. The van der Waals surface area contributed by atoms with Crippen molar-refractivity contribution in [3.05, 3.63) is 96.1 Å². The molecule has 0 aliphatic carbocycles. The maximum absolute atomic E-state index is 12.9. The minimum Gasteiger partial charge on any atom is -0.497 e. The molecule has 0 heterocycles. The van der Waals surface area contributed by atoms with Crippen molar-refractivity contribution in [3.63, 3.8) is 0 Å². The van der Waals surface area contributed by atoms with E-state index in [9.17, 15) is 9.59 Å². The Morgan fingerprint density at radius 1 is 0.878 bits per heavy atom. The third kappa shape index (κ3) is 7.63. The van der Waals surface area contributed by atoms with Crippen LogP contribution in [0.4, 0.5) is 5.69 Å². The lowest BCUT2D eigenvalue weighted by atomic mass is 9.94. The molecule has 4 aromatic carbocycles. The van der Waals surface area contributed by atoms with Crippen LogP contribution in [-0.2, 0) is 16.2 Å². The fourth-order valence-electron chi connectivity index (χ4n) is 4.43. The number of nitrogens with zero attached hydrogens (tertiary/aromatic N) is 1. The lowest BCUT2D eigenvalue weighted by Gasteiger charge is -2.18. The van der Waals surface area contributed by atoms with E-state index in [2.05, 4.69) is 34.0 Å². The number of carbonyl (C=O) groups excluding carboxylic acids is 2. The molecule has 1 atom stereocenters. The van der Waals surface area contributed by atoms with Crippen molar-refractivity contribution >= 4 is 34.5 Å². The first-order valence-electron chi connectivity index (χ1n) is 13.5. The molecular formula is C33H35N3O5. The summed E-state index contributed by atoms with van der Waals surface area (Å²) in [6.45, 7) is 6.37. The fraction of sp³-hybridized carbons (Fsp3) is 0.242. The largest absolute Gasteiger partial charge is 0.497 e. The van der Waals surface area contributed by atoms with Crippen LogP contribution >= 0.6 is 0 Å². The van der Waals surface area contributed by atoms with Gasteiger partial charge in [0.2, 0.25) is 5.91 Å². The minimum absolute atomic E-state index is 0.244. The molecule has 2 amide bonds. The Labute approximate surface area is 240 Å². The van der Waals surface area contributed by atoms with Gasteiger partial charge in [-0.15, -0.1) is 0 Å². The Morgan fingerprint density at radius 3 is 2.37 bits per heavy atom. The third-order valence-corrected chi connectivity index (χ3v) is 6.51. The standard InChI is InChI=1S/C33H35N3O5/c1-5-40-30-19-23(13-18-29(30)41-21-25-11-8-10-24-9-6-7-12-28(24)25)20-34-36-33(38)31(22(2)3)32(37)35-26-14-16-27(39-4)17-15-26/h6-20,22,31H,5,21H2,1-4H3,(H,35,37)(H,36,38). The summed E-state index contributed by atoms with van der Waals surface area (Å²) < 4.78 is 17.1. The monoisotopic (exact) mass is 553 g/mol. The molecule has 41 heavy (non-hydrogen) atoms. The molecule has 0 aliphatic heterocycles. The molecule has 0 aromatic heterocycles. The molecule has 4 aromatic rings. The quantitative estimate of drug-likeness (QED) is 0.124. The average Bonchev–Trinajstić information content (AvgIpc) is 2.97. The zero-order chi connectivity index (χ0) is 29.2. The number of benzene rings is 4. The van der Waals surface area contributed by atoms with Gasteiger partial charge in [-0.1, -0.05) is 56.3 Å². The van der Waals surface area contributed by atoms with Gasteiger partial charge in [-0.25, -0.2) is 5.43 Å². The van der Waals surface area contributed by atoms with Gasteiger partial charge in [-0.2, -0.15) is 5.10 Å². The highest BCUT2D eigenvalue weighted by atomic mass is 16.5. The second kappa shape index (κ2) is 14.0. The summed E-state index contributed by atoms with van der Waals surface area (Å²) in [7, 11) is 1.57. The lowest BCUT2D eigenvalue weighted by Crippen LogP contribution is -2.39. The van der Waals surface area contributed by atoms with E-state index in [0.29, 0.717) is 41.7 Å². The van der Waals surface area contributed by atoms with Crippen molar-refractivity contribution in [3.8, 4) is 17.2 Å². The van der Waals surface area contributed by atoms with Crippen LogP contribution in [0.1, 0.15) is 31.9 Å². The number of fused-ring (bicyclic) bond motifs is 1. The van der Waals surface area contributed by atoms with E-state index in [4.69, 9.17) is 14.2 Å². The summed E-state index contributed by atoms with van der Waals surface area (Å²) >= 11 is 0. The Balaban J connectivity index is 1.40. The second-order valence-corrected chi connectivity index (χ2v) is 9.74. The summed E-state index contributed by atoms with van der Waals surface area (Å²) in [5.41, 5.74) is 4.86. The number of ether oxygens (including phenoxy) is 3. The normalized spacial score (nSPS) is 11.8. The fourth-order valence-corrected chi connectivity index (χ4v) is 4.43. The SMILES string of the molecule is CCOc1cc(C=NNC(=O)C(C(=O)Nc2ccc(OC)cc2)C(C)C)ccc1OCc1cccc2ccccc12. The first-order chi connectivity index (χ1) is 19.9. The van der Waals surface area contributed by atoms with Gasteiger partial charge in [-0.05, 0) is 77.2 Å². The molecule has 0 radical (unpaired) electrons. The predicted octanol–water partition coefficient (Wildman–Crippen LogP) is 6.19. The highest BCUT2D eigenvalue weighted by Crippen LogP contribution is 2.30. The molecular weight excluding hydrogens is 518 g/mol. The van der Waals surface area contributed by atoms with E-state index in [0.717, 1.165) is 16.3 Å². The molecule has 8 heteroatoms. The third-order valence-electron chi connectivity index (χ3n) is 6.51. The second-order valence-electron chi connectivity index (χ2n) is 9.74. The number of anilines is 1. The Kier molecular flexibility index (Phi) is 9.94. The molecule has 2 N–H and O–H groups in total. The summed E-state index contributed by atoms with van der Waals surface area (Å²) in [5.74, 6) is -0.235. The van der Waals surface area contributed by atoms with E-state index in [1.54, 1.807) is 37.4 Å². The van der Waals surface area contributed by atoms with Crippen LogP contribution in [0.15, 0.2) is 90.0 Å². The van der Waals surface area contributed by atoms with Crippen LogP contribution in [-0.4, -0.2) is 31.7 Å². The molecule has 0 saturated heterocycles. The van der Waals surface area contributed by atoms with Crippen LogP contribution in [0.3, 0.4) is 0 Å². The highest BCUT2D eigenvalue weighted by Gasteiger charge is 2.30. The van der Waals surface area contributed by atoms with Crippen LogP contribution < -0.4 is 25.0 Å². The molecule has 0 fully saturated rings. The maximum Gasteiger partial charge on any atom is 0.252 e. The van der Waals surface area contributed by atoms with Crippen molar-refractivity contribution in [2.24, 2.45) is 16.9 Å². The molecule has 1 unspecified atom stereocenters. The Morgan fingerprint density at radius 2 is 1.63 bits per heavy atom. The van der Waals surface area contributed by atoms with Crippen LogP contribution in [0, 0.1) is 11.8 Å². The molecule has 212 valence electrons. The first-order valence-corrected chi connectivity index (χ1v) is 13.5. The van der Waals surface area contributed by atoms with E-state index < -0.39 is 17.7 Å². The van der Waals surface area contributed by atoms with Gasteiger partial charge in [0.25, 0.3) is 5.91 Å². The Hall–Kier alpha value is -4.85. The smallest absolute Gasteiger partial charge is 0.252 e. The van der Waals surface area contributed by atoms with E-state index in [1.165, 1.54) is 6.21 Å². The maximum atomic E-state index is 12.9. The first kappa shape index (κ1) is 29.1. The van der Waals surface area contributed by atoms with Crippen molar-refractivity contribution < 1.29 is 23.8 Å². The van der Waals surface area contributed by atoms with Crippen LogP contribution in [0.5, 0.6) is 17.2 Å². The number of hydrogen-bond donors (Lipinski definition) is 2. The number of hydrogen-bond acceptors (Lipinski definition) is 6. The van der Waals surface area contributed by atoms with Crippen LogP contribution in [0.25, 0.3) is 10.8 Å². The Bertz CT molecular complexity index is 1510. The van der Waals surface area contributed by atoms with Gasteiger partial charge in [0.1, 0.15) is 18.3 Å². The van der Waals surface area contributed by atoms with Gasteiger partial charge >= 0.3 is 0 Å². The zero-order valence-electron chi connectivity index (χ0n) is 23.7. The van der Waals surface area contributed by atoms with Crippen molar-refractivity contribution in [1.29, 1.82) is 0 Å². The van der Waals surface area contributed by atoms with Gasteiger partial charge in [0, 0.05) is 5.69 Å². The lowest BCUT2D eigenvalue weighted by molar-refractivity contribution is -0.134. The average molecular weight is 554 g/mol. The van der Waals surface area contributed by atoms with E-state index >= 15 is 0 Å². The molecule has 8 nitrogen and oxygen atoms in total. The zero-order valence-corrected chi connectivity index (χ0v) is 23.7. The molecule has 0 spiro atoms. The number of amides is 2. The molecule has 0 bridgehead atoms. The molecule has 4 rings (SSSR count). The van der Waals surface area contributed by atoms with Gasteiger partial charge < -0.3 is 19.5 Å². The van der Waals surface area contributed by atoms with Crippen molar-refractivity contribution in [1.82, 2.24) is 5.43 Å². The summed E-state index contributed by atoms with van der Waals surface area (Å²) in [6.07, 6.45) is 1.51. The molecule has 0 saturated carbocycles. The van der Waals surface area contributed by atoms with Crippen molar-refractivity contribution in [2.45, 2.75) is 27.4 Å². The summed E-state index contributed by atoms with van der Waals surface area (Å²) in [6, 6.07) is 26.7. The van der Waals surface area contributed by atoms with Gasteiger partial charge in [-0.3, -0.25) is 9.59 Å². The minimum atomic E-state index is -0.932. The van der Waals surface area contributed by atoms with Gasteiger partial charge in [0.05, 0.1) is 19.9 Å². The summed E-state index contributed by atoms with van der Waals surface area (Å²) in [5, 5.41) is 9.19. The van der Waals surface area contributed by atoms with Crippen molar-refractivity contribution in [2.75, 3.05) is 19.0 Å². The predicted molar refractivity (Wildman–Crippen MR) is 162 cm³/mol. The number of carbonyl (C=O) groups is 2. The molecule has 0 aliphatic rings. The topological polar surface area (TPSA) is 98.2 Å². The number of rotatable bonds is 12. The number of hydrazone groups is 1. The van der Waals surface area contributed by atoms with Gasteiger partial charge in [0.15, 0.2) is 11.5 Å². The van der Waals surface area contributed by atoms with Crippen LogP contribution in [0.2, 0.25) is 0 Å².